The minimum absolute atomic E-state index is 0.380. The number of hydrogen-bond donors (Lipinski definition) is 2. The summed E-state index contributed by atoms with van der Waals surface area (Å²) in [7, 11) is 0. The van der Waals surface area contributed by atoms with Gasteiger partial charge in [-0.1, -0.05) is 30.3 Å². The molecule has 0 aromatic heterocycles. The van der Waals surface area contributed by atoms with Crippen LogP contribution < -0.4 is 0 Å². The number of hydrogen-bond acceptors (Lipinski definition) is 5. The third-order valence-electron chi connectivity index (χ3n) is 2.96. The predicted molar refractivity (Wildman–Crippen MR) is 75.7 cm³/mol. The predicted octanol–water partition coefficient (Wildman–Crippen LogP) is 1.27. The van der Waals surface area contributed by atoms with Gasteiger partial charge >= 0.3 is 18.1 Å². The summed E-state index contributed by atoms with van der Waals surface area (Å²) in [5.74, 6) is -1.60. The monoisotopic (exact) mass is 304 g/mol. The third-order valence-corrected chi connectivity index (χ3v) is 2.96. The van der Waals surface area contributed by atoms with E-state index in [4.69, 9.17) is 10.2 Å². The number of amides is 3. The van der Waals surface area contributed by atoms with Crippen LogP contribution in [-0.2, 0) is 4.79 Å². The van der Waals surface area contributed by atoms with Crippen LogP contribution in [0.2, 0.25) is 0 Å². The lowest BCUT2D eigenvalue weighted by Gasteiger charge is -2.19. The van der Waals surface area contributed by atoms with Gasteiger partial charge in [0.1, 0.15) is 6.17 Å². The van der Waals surface area contributed by atoms with Crippen LogP contribution in [0.1, 0.15) is 12.5 Å². The maximum absolute atomic E-state index is 12.0. The Labute approximate surface area is 124 Å². The summed E-state index contributed by atoms with van der Waals surface area (Å²) < 4.78 is 0. The highest BCUT2D eigenvalue weighted by molar-refractivity contribution is 6.43. The van der Waals surface area contributed by atoms with Crippen LogP contribution in [0.5, 0.6) is 0 Å². The lowest BCUT2D eigenvalue weighted by atomic mass is 10.2. The van der Waals surface area contributed by atoms with Crippen molar-refractivity contribution in [3.05, 3.63) is 35.9 Å². The normalized spacial score (nSPS) is 20.1. The van der Waals surface area contributed by atoms with Crippen LogP contribution in [0.4, 0.5) is 9.59 Å². The molecule has 1 aromatic carbocycles. The van der Waals surface area contributed by atoms with Crippen molar-refractivity contribution in [3.63, 3.8) is 0 Å². The zero-order valence-electron chi connectivity index (χ0n) is 11.4. The Morgan fingerprint density at radius 1 is 1.14 bits per heavy atom. The molecule has 22 heavy (non-hydrogen) atoms. The van der Waals surface area contributed by atoms with Gasteiger partial charge in [0, 0.05) is 0 Å². The summed E-state index contributed by atoms with van der Waals surface area (Å²) >= 11 is 0. The van der Waals surface area contributed by atoms with Crippen molar-refractivity contribution in [1.82, 2.24) is 9.80 Å². The quantitative estimate of drug-likeness (QED) is 0.629. The van der Waals surface area contributed by atoms with Crippen molar-refractivity contribution in [1.29, 1.82) is 0 Å². The molecule has 3 amide bonds. The summed E-state index contributed by atoms with van der Waals surface area (Å²) in [5, 5.41) is 25.3. The molecule has 9 heteroatoms. The molecular formula is C13H12N4O5. The van der Waals surface area contributed by atoms with Gasteiger partial charge in [0.15, 0.2) is 0 Å². The van der Waals surface area contributed by atoms with E-state index >= 15 is 0 Å². The van der Waals surface area contributed by atoms with Crippen LogP contribution in [0, 0.1) is 0 Å². The van der Waals surface area contributed by atoms with Gasteiger partial charge in [-0.2, -0.15) is 5.10 Å². The zero-order valence-corrected chi connectivity index (χ0v) is 11.4. The SMILES string of the molecule is CC1N(C(=O)O)C(=O)C(=NN=Cc2ccccc2)N1C(=O)O. The summed E-state index contributed by atoms with van der Waals surface area (Å²) in [6.45, 7) is 1.27. The summed E-state index contributed by atoms with van der Waals surface area (Å²) in [5.41, 5.74) is 0.697. The van der Waals surface area contributed by atoms with Crippen LogP contribution in [0.25, 0.3) is 0 Å². The van der Waals surface area contributed by atoms with Gasteiger partial charge < -0.3 is 10.2 Å². The zero-order chi connectivity index (χ0) is 16.3. The van der Waals surface area contributed by atoms with Gasteiger partial charge in [-0.3, -0.25) is 4.79 Å². The molecule has 0 spiro atoms. The maximum Gasteiger partial charge on any atom is 0.416 e. The summed E-state index contributed by atoms with van der Waals surface area (Å²) in [6, 6.07) is 8.82. The van der Waals surface area contributed by atoms with Gasteiger partial charge in [-0.25, -0.2) is 19.4 Å². The molecule has 2 rings (SSSR count). The molecule has 1 aromatic rings. The molecule has 1 aliphatic rings. The molecule has 2 N–H and O–H groups in total. The van der Waals surface area contributed by atoms with Crippen molar-refractivity contribution in [3.8, 4) is 0 Å². The fourth-order valence-corrected chi connectivity index (χ4v) is 1.95. The number of nitrogens with zero attached hydrogens (tertiary/aromatic N) is 4. The van der Waals surface area contributed by atoms with E-state index in [0.717, 1.165) is 0 Å². The van der Waals surface area contributed by atoms with E-state index < -0.39 is 30.1 Å². The molecule has 0 radical (unpaired) electrons. The Bertz CT molecular complexity index is 670. The Morgan fingerprint density at radius 3 is 2.27 bits per heavy atom. The van der Waals surface area contributed by atoms with Gasteiger partial charge in [0.05, 0.1) is 6.21 Å². The molecule has 1 atom stereocenters. The average molecular weight is 304 g/mol. The van der Waals surface area contributed by atoms with Crippen LogP contribution >= 0.6 is 0 Å². The van der Waals surface area contributed by atoms with Crippen molar-refractivity contribution in [2.24, 2.45) is 10.2 Å². The van der Waals surface area contributed by atoms with Gasteiger partial charge in [-0.15, -0.1) is 5.10 Å². The number of imide groups is 1. The van der Waals surface area contributed by atoms with Crippen LogP contribution in [-0.4, -0.2) is 56.3 Å². The van der Waals surface area contributed by atoms with E-state index in [1.165, 1.54) is 13.1 Å². The Balaban J connectivity index is 2.32. The van der Waals surface area contributed by atoms with Crippen molar-refractivity contribution < 1.29 is 24.6 Å². The molecule has 1 aliphatic heterocycles. The second kappa shape index (κ2) is 6.04. The maximum atomic E-state index is 12.0. The van der Waals surface area contributed by atoms with E-state index in [0.29, 0.717) is 15.4 Å². The highest BCUT2D eigenvalue weighted by Crippen LogP contribution is 2.18. The molecule has 0 saturated carbocycles. The lowest BCUT2D eigenvalue weighted by Crippen LogP contribution is -2.42. The van der Waals surface area contributed by atoms with Gasteiger partial charge in [-0.05, 0) is 12.5 Å². The molecule has 9 nitrogen and oxygen atoms in total. The molecule has 1 fully saturated rings. The highest BCUT2D eigenvalue weighted by atomic mass is 16.4. The molecule has 1 saturated heterocycles. The number of benzene rings is 1. The summed E-state index contributed by atoms with van der Waals surface area (Å²) in [6.07, 6.45) is -2.92. The molecule has 0 aliphatic carbocycles. The number of carbonyl (C=O) groups excluding carboxylic acids is 1. The first-order valence-electron chi connectivity index (χ1n) is 6.18. The van der Waals surface area contributed by atoms with Gasteiger partial charge in [0.25, 0.3) is 0 Å². The first-order chi connectivity index (χ1) is 10.4. The van der Waals surface area contributed by atoms with E-state index in [1.54, 1.807) is 24.3 Å². The third kappa shape index (κ3) is 2.77. The molecular weight excluding hydrogens is 292 g/mol. The lowest BCUT2D eigenvalue weighted by molar-refractivity contribution is -0.122. The Kier molecular flexibility index (Phi) is 4.16. The average Bonchev–Trinajstić information content (AvgIpc) is 2.71. The molecule has 1 unspecified atom stereocenters. The fourth-order valence-electron chi connectivity index (χ4n) is 1.95. The first-order valence-corrected chi connectivity index (χ1v) is 6.18. The minimum atomic E-state index is -1.55. The van der Waals surface area contributed by atoms with Crippen molar-refractivity contribution in [2.75, 3.05) is 0 Å². The summed E-state index contributed by atoms with van der Waals surface area (Å²) in [4.78, 5) is 35.1. The van der Waals surface area contributed by atoms with Crippen molar-refractivity contribution >= 4 is 30.1 Å². The molecule has 1 heterocycles. The smallest absolute Gasteiger partial charge is 0.416 e. The van der Waals surface area contributed by atoms with Crippen LogP contribution in [0.15, 0.2) is 40.5 Å². The minimum Gasteiger partial charge on any atom is -0.465 e. The number of carboxylic acid groups (broad SMARTS) is 2. The largest absolute Gasteiger partial charge is 0.465 e. The number of carbonyl (C=O) groups is 3. The van der Waals surface area contributed by atoms with Crippen molar-refractivity contribution in [2.45, 2.75) is 13.1 Å². The Morgan fingerprint density at radius 2 is 1.73 bits per heavy atom. The van der Waals surface area contributed by atoms with E-state index in [9.17, 15) is 14.4 Å². The second-order valence-electron chi connectivity index (χ2n) is 4.32. The van der Waals surface area contributed by atoms with Crippen LogP contribution in [0.3, 0.4) is 0 Å². The second-order valence-corrected chi connectivity index (χ2v) is 4.32. The highest BCUT2D eigenvalue weighted by Gasteiger charge is 2.47. The molecule has 0 bridgehead atoms. The van der Waals surface area contributed by atoms with E-state index in [-0.39, 0.29) is 0 Å². The Hall–Kier alpha value is -3.23. The number of rotatable bonds is 2. The molecule has 114 valence electrons. The fraction of sp³-hybridized carbons (Fsp3) is 0.154. The first kappa shape index (κ1) is 15.2. The topological polar surface area (TPSA) is 123 Å². The van der Waals surface area contributed by atoms with E-state index in [1.807, 2.05) is 6.07 Å². The number of amidine groups is 1. The van der Waals surface area contributed by atoms with Gasteiger partial charge in [0.2, 0.25) is 5.84 Å². The standard InChI is InChI=1S/C13H12N4O5/c1-8-16(12(19)20)10(11(18)17(8)13(21)22)15-14-7-9-5-3-2-4-6-9/h2-8H,1H3,(H,19,20)(H,21,22). The van der Waals surface area contributed by atoms with E-state index in [2.05, 4.69) is 10.2 Å².